The van der Waals surface area contributed by atoms with Crippen LogP contribution in [0.2, 0.25) is 0 Å². The molecule has 1 saturated carbocycles. The van der Waals surface area contributed by atoms with E-state index in [1.807, 2.05) is 35.4 Å². The van der Waals surface area contributed by atoms with Gasteiger partial charge in [0.1, 0.15) is 0 Å². The number of nitrogens with zero attached hydrogens (tertiary/aromatic N) is 1. The molecule has 4 rings (SSSR count). The molecule has 1 aliphatic carbocycles. The first kappa shape index (κ1) is 12.9. The van der Waals surface area contributed by atoms with Crippen molar-refractivity contribution < 1.29 is 9.53 Å². The van der Waals surface area contributed by atoms with Crippen LogP contribution in [0.5, 0.6) is 0 Å². The monoisotopic (exact) mass is 284 g/mol. The lowest BCUT2D eigenvalue weighted by Gasteiger charge is -2.43. The van der Waals surface area contributed by atoms with E-state index in [9.17, 15) is 4.79 Å². The molecule has 0 spiro atoms. The fraction of sp³-hybridized carbons (Fsp3) is 0.471. The van der Waals surface area contributed by atoms with Crippen LogP contribution in [0.4, 0.5) is 0 Å². The molecule has 1 aliphatic heterocycles. The number of rotatable bonds is 1. The summed E-state index contributed by atoms with van der Waals surface area (Å²) >= 11 is 0. The molecule has 2 fully saturated rings. The Morgan fingerprint density at radius 2 is 2.14 bits per heavy atom. The maximum atomic E-state index is 13.0. The molecule has 2 aromatic rings. The maximum Gasteiger partial charge on any atom is 0.256 e. The Bertz CT molecular complexity index is 662. The molecule has 110 valence electrons. The van der Waals surface area contributed by atoms with Crippen LogP contribution >= 0.6 is 0 Å². The predicted octanol–water partition coefficient (Wildman–Crippen LogP) is 2.95. The minimum atomic E-state index is 0.142. The highest BCUT2D eigenvalue weighted by atomic mass is 16.5. The van der Waals surface area contributed by atoms with Gasteiger partial charge in [0, 0.05) is 18.1 Å². The Labute approximate surface area is 124 Å². The van der Waals surface area contributed by atoms with Crippen molar-refractivity contribution in [3.63, 3.8) is 0 Å². The standard InChI is InChI=1S/C17H20N2O2/c20-17(13-5-3-4-12-8-9-18-16(12)13)19-10-11-21-15-7-2-1-6-14(15)19/h3-5,8-9,14-15,18H,1-2,6-7,10-11H2. The molecule has 2 aliphatic rings. The van der Waals surface area contributed by atoms with Gasteiger partial charge in [-0.05, 0) is 25.0 Å². The number of fused-ring (bicyclic) bond motifs is 2. The number of amides is 1. The number of carbonyl (C=O) groups is 1. The molecule has 1 aromatic carbocycles. The first-order valence-electron chi connectivity index (χ1n) is 7.83. The van der Waals surface area contributed by atoms with Gasteiger partial charge in [0.2, 0.25) is 0 Å². The number of hydrogen-bond donors (Lipinski definition) is 1. The van der Waals surface area contributed by atoms with Crippen molar-refractivity contribution in [2.75, 3.05) is 13.2 Å². The summed E-state index contributed by atoms with van der Waals surface area (Å²) in [5.41, 5.74) is 1.73. The fourth-order valence-electron chi connectivity index (χ4n) is 3.77. The lowest BCUT2D eigenvalue weighted by atomic mass is 9.89. The highest BCUT2D eigenvalue weighted by Crippen LogP contribution is 2.30. The van der Waals surface area contributed by atoms with E-state index in [1.165, 1.54) is 12.8 Å². The minimum absolute atomic E-state index is 0.142. The largest absolute Gasteiger partial charge is 0.374 e. The minimum Gasteiger partial charge on any atom is -0.374 e. The SMILES string of the molecule is O=C(c1cccc2cc[nH]c12)N1CCOC2CCCCC21. The zero-order chi connectivity index (χ0) is 14.2. The third kappa shape index (κ3) is 2.14. The van der Waals surface area contributed by atoms with Gasteiger partial charge in [-0.2, -0.15) is 0 Å². The third-order valence-electron chi connectivity index (χ3n) is 4.81. The Kier molecular flexibility index (Phi) is 3.19. The second-order valence-electron chi connectivity index (χ2n) is 6.01. The Hall–Kier alpha value is -1.81. The molecule has 0 bridgehead atoms. The fourth-order valence-corrected chi connectivity index (χ4v) is 3.77. The van der Waals surface area contributed by atoms with Gasteiger partial charge in [-0.3, -0.25) is 4.79 Å². The van der Waals surface area contributed by atoms with Crippen LogP contribution in [0, 0.1) is 0 Å². The van der Waals surface area contributed by atoms with E-state index in [2.05, 4.69) is 4.98 Å². The van der Waals surface area contributed by atoms with Crippen LogP contribution in [0.3, 0.4) is 0 Å². The Morgan fingerprint density at radius 3 is 3.10 bits per heavy atom. The highest BCUT2D eigenvalue weighted by Gasteiger charge is 2.37. The van der Waals surface area contributed by atoms with Crippen molar-refractivity contribution in [3.8, 4) is 0 Å². The number of para-hydroxylation sites is 1. The first-order chi connectivity index (χ1) is 10.3. The highest BCUT2D eigenvalue weighted by molar-refractivity contribution is 6.05. The molecular weight excluding hydrogens is 264 g/mol. The van der Waals surface area contributed by atoms with Gasteiger partial charge in [-0.15, -0.1) is 0 Å². The number of benzene rings is 1. The molecule has 1 saturated heterocycles. The molecule has 21 heavy (non-hydrogen) atoms. The molecule has 1 aromatic heterocycles. The molecule has 2 atom stereocenters. The summed E-state index contributed by atoms with van der Waals surface area (Å²) in [5, 5.41) is 1.09. The Balaban J connectivity index is 1.68. The zero-order valence-corrected chi connectivity index (χ0v) is 12.0. The number of morpholine rings is 1. The van der Waals surface area contributed by atoms with Crippen molar-refractivity contribution in [1.29, 1.82) is 0 Å². The third-order valence-corrected chi connectivity index (χ3v) is 4.81. The number of hydrogen-bond acceptors (Lipinski definition) is 2. The van der Waals surface area contributed by atoms with E-state index in [1.54, 1.807) is 0 Å². The van der Waals surface area contributed by atoms with E-state index in [0.29, 0.717) is 13.2 Å². The van der Waals surface area contributed by atoms with Crippen LogP contribution in [-0.4, -0.2) is 41.1 Å². The average Bonchev–Trinajstić information content (AvgIpc) is 3.02. The van der Waals surface area contributed by atoms with Gasteiger partial charge in [-0.25, -0.2) is 0 Å². The quantitative estimate of drug-likeness (QED) is 0.875. The number of nitrogens with one attached hydrogen (secondary N) is 1. The van der Waals surface area contributed by atoms with Crippen LogP contribution in [0.15, 0.2) is 30.5 Å². The van der Waals surface area contributed by atoms with E-state index >= 15 is 0 Å². The first-order valence-corrected chi connectivity index (χ1v) is 7.83. The second-order valence-corrected chi connectivity index (χ2v) is 6.01. The predicted molar refractivity (Wildman–Crippen MR) is 81.3 cm³/mol. The van der Waals surface area contributed by atoms with Gasteiger partial charge in [0.05, 0.1) is 29.8 Å². The molecule has 4 heteroatoms. The average molecular weight is 284 g/mol. The van der Waals surface area contributed by atoms with Gasteiger partial charge < -0.3 is 14.6 Å². The maximum absolute atomic E-state index is 13.0. The van der Waals surface area contributed by atoms with Crippen molar-refractivity contribution in [2.45, 2.75) is 37.8 Å². The topological polar surface area (TPSA) is 45.3 Å². The van der Waals surface area contributed by atoms with Crippen LogP contribution in [0.1, 0.15) is 36.0 Å². The Morgan fingerprint density at radius 1 is 1.24 bits per heavy atom. The summed E-state index contributed by atoms with van der Waals surface area (Å²) < 4.78 is 5.87. The number of ether oxygens (including phenoxy) is 1. The molecule has 0 radical (unpaired) electrons. The van der Waals surface area contributed by atoms with Crippen LogP contribution < -0.4 is 0 Å². The number of carbonyl (C=O) groups excluding carboxylic acids is 1. The van der Waals surface area contributed by atoms with Gasteiger partial charge in [-0.1, -0.05) is 25.0 Å². The van der Waals surface area contributed by atoms with E-state index in [4.69, 9.17) is 4.74 Å². The molecule has 1 N–H and O–H groups in total. The van der Waals surface area contributed by atoms with E-state index < -0.39 is 0 Å². The van der Waals surface area contributed by atoms with Crippen molar-refractivity contribution in [3.05, 3.63) is 36.0 Å². The zero-order valence-electron chi connectivity index (χ0n) is 12.0. The van der Waals surface area contributed by atoms with Gasteiger partial charge in [0.25, 0.3) is 5.91 Å². The van der Waals surface area contributed by atoms with Crippen molar-refractivity contribution in [2.24, 2.45) is 0 Å². The summed E-state index contributed by atoms with van der Waals surface area (Å²) in [6.07, 6.45) is 6.69. The lowest BCUT2D eigenvalue weighted by Crippen LogP contribution is -2.54. The number of aromatic amines is 1. The summed E-state index contributed by atoms with van der Waals surface area (Å²) in [7, 11) is 0. The summed E-state index contributed by atoms with van der Waals surface area (Å²) in [6.45, 7) is 1.37. The molecule has 4 nitrogen and oxygen atoms in total. The smallest absolute Gasteiger partial charge is 0.256 e. The van der Waals surface area contributed by atoms with Gasteiger partial charge in [0.15, 0.2) is 0 Å². The molecular formula is C17H20N2O2. The lowest BCUT2D eigenvalue weighted by molar-refractivity contribution is -0.0752. The molecule has 1 amide bonds. The van der Waals surface area contributed by atoms with E-state index in [-0.39, 0.29) is 18.1 Å². The summed E-state index contributed by atoms with van der Waals surface area (Å²) in [4.78, 5) is 18.3. The van der Waals surface area contributed by atoms with E-state index in [0.717, 1.165) is 29.3 Å². The van der Waals surface area contributed by atoms with Gasteiger partial charge >= 0.3 is 0 Å². The molecule has 2 heterocycles. The second kappa shape index (κ2) is 5.19. The summed E-state index contributed by atoms with van der Waals surface area (Å²) in [6, 6.07) is 8.18. The molecule has 2 unspecified atom stereocenters. The summed E-state index contributed by atoms with van der Waals surface area (Å²) in [5.74, 6) is 0.142. The number of H-pyrrole nitrogens is 1. The normalized spacial score (nSPS) is 25.8. The van der Waals surface area contributed by atoms with Crippen molar-refractivity contribution >= 4 is 16.8 Å². The van der Waals surface area contributed by atoms with Crippen LogP contribution in [0.25, 0.3) is 10.9 Å². The van der Waals surface area contributed by atoms with Crippen molar-refractivity contribution in [1.82, 2.24) is 9.88 Å². The van der Waals surface area contributed by atoms with Crippen LogP contribution in [-0.2, 0) is 4.74 Å². The number of aromatic nitrogens is 1.